The highest BCUT2D eigenvalue weighted by molar-refractivity contribution is 7.81. The zero-order valence-electron chi connectivity index (χ0n) is 51.9. The van der Waals surface area contributed by atoms with Crippen molar-refractivity contribution in [2.45, 2.75) is 138 Å². The number of benzene rings is 5. The summed E-state index contributed by atoms with van der Waals surface area (Å²) in [6.45, 7) is 22.0. The Labute approximate surface area is 517 Å². The number of methoxy groups -OCH3 is 1. The first kappa shape index (κ1) is 66.3. The molecular formula is C69H85N7O10S. The van der Waals surface area contributed by atoms with Crippen LogP contribution in [0.1, 0.15) is 133 Å². The van der Waals surface area contributed by atoms with E-state index in [1.165, 1.54) is 48.1 Å². The van der Waals surface area contributed by atoms with Crippen LogP contribution in [0.3, 0.4) is 0 Å². The third-order valence-corrected chi connectivity index (χ3v) is 16.8. The number of anilines is 2. The van der Waals surface area contributed by atoms with Crippen LogP contribution < -0.4 is 40.8 Å². The number of carbonyl (C=O) groups excluding carboxylic acids is 7. The number of hydrogen-bond acceptors (Lipinski definition) is 13. The third-order valence-electron chi connectivity index (χ3n) is 16.4. The Morgan fingerprint density at radius 2 is 1.39 bits per heavy atom. The van der Waals surface area contributed by atoms with Gasteiger partial charge in [-0.05, 0) is 148 Å². The van der Waals surface area contributed by atoms with Gasteiger partial charge in [-0.15, -0.1) is 0 Å². The molecule has 5 aromatic rings. The molecule has 2 aliphatic rings. The van der Waals surface area contributed by atoms with Gasteiger partial charge in [-0.3, -0.25) is 38.6 Å². The van der Waals surface area contributed by atoms with Crippen LogP contribution in [-0.4, -0.2) is 96.3 Å². The van der Waals surface area contributed by atoms with Crippen molar-refractivity contribution in [3.8, 4) is 17.2 Å². The standard InChI is InChI=1S/C69H85N7O10S/c1-40(26-52-20-14-12-18-41(52)2)36-71-58-34-60(43(4)27-56(58)49(10)77)85-38-50-29-51(39-86-62-35-59-57(33-61(62)84-11)66(80)46(7)45(6)54(37-72-59)32-53-21-15-13-19-42(53)3)31-55(30-50)75-68(82)48(9)74-67(81)47(8)73-65(79)23-17-16-22-64(78)70-24-25-76-44(5)28-63(87)69(76)83/h12-15,18-21,27,29-31,33-35,37,40,45-48,54,63,71,87H,5,16-17,22-26,28,32,36,38-39H2,1-4,6-11H3,(H,70,78)(H,73,79)(H,74,81)(H,75,82)/b72-37-/t40-,45?,46?,47-,48-,54-,63?/m0/s1. The number of fused-ring (bicyclic) bond motifs is 1. The minimum Gasteiger partial charge on any atom is -0.493 e. The second-order valence-electron chi connectivity index (χ2n) is 23.4. The van der Waals surface area contributed by atoms with Gasteiger partial charge in [-0.2, -0.15) is 12.6 Å². The Hall–Kier alpha value is -8.25. The molecule has 0 saturated carbocycles. The van der Waals surface area contributed by atoms with Crippen molar-refractivity contribution < 1.29 is 47.8 Å². The summed E-state index contributed by atoms with van der Waals surface area (Å²) in [6.07, 6.45) is 5.11. The average molecular weight is 1200 g/mol. The zero-order valence-corrected chi connectivity index (χ0v) is 52.8. The molecule has 0 bridgehead atoms. The van der Waals surface area contributed by atoms with Crippen molar-refractivity contribution >= 4 is 77.0 Å². The number of ketones is 2. The van der Waals surface area contributed by atoms with E-state index >= 15 is 0 Å². The highest BCUT2D eigenvalue weighted by Crippen LogP contribution is 2.40. The first-order valence-corrected chi connectivity index (χ1v) is 30.5. The van der Waals surface area contributed by atoms with Crippen LogP contribution in [0.5, 0.6) is 17.2 Å². The van der Waals surface area contributed by atoms with Gasteiger partial charge < -0.3 is 45.7 Å². The van der Waals surface area contributed by atoms with Gasteiger partial charge in [-0.25, -0.2) is 0 Å². The third kappa shape index (κ3) is 18.2. The molecule has 7 atom stereocenters. The Morgan fingerprint density at radius 1 is 0.759 bits per heavy atom. The van der Waals surface area contributed by atoms with Crippen molar-refractivity contribution in [1.82, 2.24) is 20.9 Å². The van der Waals surface area contributed by atoms with Gasteiger partial charge in [0.05, 0.1) is 18.0 Å². The molecule has 462 valence electrons. The van der Waals surface area contributed by atoms with E-state index in [1.54, 1.807) is 31.2 Å². The largest absolute Gasteiger partial charge is 0.493 e. The van der Waals surface area contributed by atoms with Crippen LogP contribution in [0, 0.1) is 44.4 Å². The second kappa shape index (κ2) is 30.9. The molecule has 0 radical (unpaired) electrons. The van der Waals surface area contributed by atoms with E-state index < -0.39 is 29.1 Å². The maximum atomic E-state index is 14.2. The van der Waals surface area contributed by atoms with Crippen molar-refractivity contribution in [1.29, 1.82) is 0 Å². The van der Waals surface area contributed by atoms with Gasteiger partial charge in [0.25, 0.3) is 0 Å². The summed E-state index contributed by atoms with van der Waals surface area (Å²) in [5, 5.41) is 14.2. The molecule has 2 aliphatic heterocycles. The van der Waals surface area contributed by atoms with Gasteiger partial charge in [-0.1, -0.05) is 75.9 Å². The Morgan fingerprint density at radius 3 is 2.02 bits per heavy atom. The monoisotopic (exact) mass is 1200 g/mol. The molecule has 0 spiro atoms. The Balaban J connectivity index is 1.04. The van der Waals surface area contributed by atoms with E-state index in [0.717, 1.165) is 18.4 Å². The molecule has 1 saturated heterocycles. The molecule has 0 aliphatic carbocycles. The number of amides is 5. The van der Waals surface area contributed by atoms with Crippen LogP contribution >= 0.6 is 12.6 Å². The van der Waals surface area contributed by atoms with Crippen LogP contribution in [0.2, 0.25) is 0 Å². The number of nitrogens with zero attached hydrogens (tertiary/aromatic N) is 2. The van der Waals surface area contributed by atoms with E-state index in [9.17, 15) is 33.6 Å². The minimum atomic E-state index is -1.04. The molecule has 7 rings (SSSR count). The van der Waals surface area contributed by atoms with E-state index in [4.69, 9.17) is 19.2 Å². The summed E-state index contributed by atoms with van der Waals surface area (Å²) >= 11 is 4.27. The van der Waals surface area contributed by atoms with Crippen LogP contribution in [0.25, 0.3) is 0 Å². The predicted octanol–water partition coefficient (Wildman–Crippen LogP) is 11.0. The normalized spacial score (nSPS) is 17.8. The number of carbonyl (C=O) groups is 7. The number of ether oxygens (including phenoxy) is 3. The lowest BCUT2D eigenvalue weighted by molar-refractivity contribution is -0.130. The summed E-state index contributed by atoms with van der Waals surface area (Å²) in [6, 6.07) is 27.1. The van der Waals surface area contributed by atoms with Crippen molar-refractivity contribution in [3.63, 3.8) is 0 Å². The van der Waals surface area contributed by atoms with E-state index in [2.05, 4.69) is 97.8 Å². The molecular weight excluding hydrogens is 1120 g/mol. The first-order valence-electron chi connectivity index (χ1n) is 30.0. The molecule has 5 aromatic carbocycles. The quantitative estimate of drug-likeness (QED) is 0.0157. The van der Waals surface area contributed by atoms with E-state index in [0.29, 0.717) is 94.6 Å². The number of Topliss-reactive ketones (excluding diaryl/α,β-unsaturated/α-hetero) is 2. The molecule has 5 amide bonds. The lowest BCUT2D eigenvalue weighted by Crippen LogP contribution is -2.50. The summed E-state index contributed by atoms with van der Waals surface area (Å²) in [4.78, 5) is 98.5. The zero-order chi connectivity index (χ0) is 63.1. The number of unbranched alkanes of at least 4 members (excludes halogenated alkanes) is 1. The van der Waals surface area contributed by atoms with E-state index in [-0.39, 0.29) is 85.6 Å². The SMILES string of the molecule is C=C1CC(S)C(=O)N1CCNC(=O)CCCCC(=O)N[C@@H](C)C(=O)N[C@@H](C)C(=O)Nc1cc(COc2cc(NC[C@@H](C)Cc3ccccc3C)c(C(C)=O)cc2C)cc(COc2cc3c(cc2OC)C(=O)C(C)C(C)[C@@H](Cc2ccccc2C)/C=N\3)c1. The average Bonchev–Trinajstić information content (AvgIpc) is 2.33. The maximum Gasteiger partial charge on any atom is 0.246 e. The number of aliphatic imine (C=N–C) groups is 1. The van der Waals surface area contributed by atoms with Gasteiger partial charge >= 0.3 is 0 Å². The number of allylic oxidation sites excluding steroid dienone is 1. The first-order chi connectivity index (χ1) is 41.5. The van der Waals surface area contributed by atoms with Crippen LogP contribution in [0.15, 0.2) is 108 Å². The fourth-order valence-electron chi connectivity index (χ4n) is 10.8. The van der Waals surface area contributed by atoms with Crippen molar-refractivity contribution in [2.24, 2.45) is 28.7 Å². The van der Waals surface area contributed by atoms with Gasteiger partial charge in [0, 0.05) is 97.3 Å². The van der Waals surface area contributed by atoms with E-state index in [1.807, 2.05) is 62.5 Å². The lowest BCUT2D eigenvalue weighted by Gasteiger charge is -2.28. The number of hydrogen-bond donors (Lipinski definition) is 6. The number of aryl methyl sites for hydroxylation is 3. The van der Waals surface area contributed by atoms with Gasteiger partial charge in [0.2, 0.25) is 29.5 Å². The molecule has 87 heavy (non-hydrogen) atoms. The van der Waals surface area contributed by atoms with Crippen LogP contribution in [0.4, 0.5) is 17.1 Å². The topological polar surface area (TPSA) is 223 Å². The Bertz CT molecular complexity index is 3400. The van der Waals surface area contributed by atoms with Crippen molar-refractivity contribution in [3.05, 3.63) is 153 Å². The smallest absolute Gasteiger partial charge is 0.246 e. The van der Waals surface area contributed by atoms with Crippen molar-refractivity contribution in [2.75, 3.05) is 37.4 Å². The fourth-order valence-corrected chi connectivity index (χ4v) is 11.2. The number of nitrogens with one attached hydrogen (secondary N) is 5. The molecule has 1 fully saturated rings. The predicted molar refractivity (Wildman–Crippen MR) is 345 cm³/mol. The molecule has 5 N–H and O–H groups in total. The summed E-state index contributed by atoms with van der Waals surface area (Å²) in [7, 11) is 1.51. The fraction of sp³-hybridized carbons (Fsp3) is 0.420. The molecule has 2 heterocycles. The number of likely N-dealkylation sites (tertiary alicyclic amines) is 1. The molecule has 3 unspecified atom stereocenters. The molecule has 0 aromatic heterocycles. The maximum absolute atomic E-state index is 14.2. The molecule has 17 nitrogen and oxygen atoms in total. The number of thiol groups is 1. The highest BCUT2D eigenvalue weighted by atomic mass is 32.1. The summed E-state index contributed by atoms with van der Waals surface area (Å²) in [5.74, 6) is -0.753. The highest BCUT2D eigenvalue weighted by Gasteiger charge is 2.33. The van der Waals surface area contributed by atoms with Gasteiger partial charge in [0.1, 0.15) is 31.0 Å². The minimum absolute atomic E-state index is 0.00832. The van der Waals surface area contributed by atoms with Crippen LogP contribution in [-0.2, 0) is 50.0 Å². The second-order valence-corrected chi connectivity index (χ2v) is 24.0. The lowest BCUT2D eigenvalue weighted by atomic mass is 9.76. The Kier molecular flexibility index (Phi) is 23.5. The summed E-state index contributed by atoms with van der Waals surface area (Å²) in [5.41, 5.74) is 10.1. The molecule has 18 heteroatoms. The van der Waals surface area contributed by atoms with Gasteiger partial charge in [0.15, 0.2) is 23.1 Å². The summed E-state index contributed by atoms with van der Waals surface area (Å²) < 4.78 is 18.9. The number of rotatable bonds is 28.